The van der Waals surface area contributed by atoms with Gasteiger partial charge < -0.3 is 8.85 Å². The molecule has 0 atom stereocenters. The number of benzene rings is 2. The van der Waals surface area contributed by atoms with Crippen LogP contribution < -0.4 is 0 Å². The molecule has 0 aliphatic carbocycles. The number of aliphatic imine (C=N–C) groups is 2. The van der Waals surface area contributed by atoms with Gasteiger partial charge in [-0.1, -0.05) is 102 Å². The molecule has 0 radical (unpaired) electrons. The van der Waals surface area contributed by atoms with Crippen molar-refractivity contribution >= 4 is 28.6 Å². The van der Waals surface area contributed by atoms with Crippen LogP contribution in [-0.2, 0) is 14.4 Å². The topological polar surface area (TPSA) is 43.2 Å². The third-order valence-electron chi connectivity index (χ3n) is 7.46. The minimum absolute atomic E-state index is 0.0255. The van der Waals surface area contributed by atoms with E-state index in [1.165, 1.54) is 0 Å². The Labute approximate surface area is 202 Å². The second kappa shape index (κ2) is 8.55. The molecule has 1 aliphatic rings. The molecule has 0 fully saturated rings. The number of rotatable bonds is 4. The first-order valence-corrected chi connectivity index (χ1v) is 17.6. The zero-order valence-electron chi connectivity index (χ0n) is 22.0. The summed E-state index contributed by atoms with van der Waals surface area (Å²) in [5.41, 5.74) is 1.19. The van der Waals surface area contributed by atoms with Gasteiger partial charge in [-0.25, -0.2) is 4.99 Å². The number of amidine groups is 1. The Morgan fingerprint density at radius 2 is 1.03 bits per heavy atom. The number of hydrogen-bond acceptors (Lipinski definition) is 4. The number of nitrogens with zero attached hydrogens (tertiary/aromatic N) is 2. The van der Waals surface area contributed by atoms with Crippen molar-refractivity contribution in [2.45, 2.75) is 83.3 Å². The summed E-state index contributed by atoms with van der Waals surface area (Å²) in [6, 6.07) is 21.1. The van der Waals surface area contributed by atoms with E-state index < -0.39 is 22.2 Å². The lowest BCUT2D eigenvalue weighted by Gasteiger charge is -2.39. The first-order chi connectivity index (χ1) is 15.1. The van der Waals surface area contributed by atoms with Gasteiger partial charge in [-0.2, -0.15) is 4.99 Å². The average Bonchev–Trinajstić information content (AvgIpc) is 3.05. The molecule has 4 nitrogen and oxygen atoms in total. The van der Waals surface area contributed by atoms with Crippen molar-refractivity contribution in [1.82, 2.24) is 0 Å². The molecule has 2 aromatic carbocycles. The van der Waals surface area contributed by atoms with Gasteiger partial charge in [0, 0.05) is 0 Å². The van der Waals surface area contributed by atoms with Crippen LogP contribution in [0, 0.1) is 0 Å². The zero-order valence-corrected chi connectivity index (χ0v) is 24.0. The molecule has 3 rings (SSSR count). The summed E-state index contributed by atoms with van der Waals surface area (Å²) >= 11 is 0. The Morgan fingerprint density at radius 1 is 0.636 bits per heavy atom. The summed E-state index contributed by atoms with van der Waals surface area (Å²) in [5.74, 6) is 0.625. The summed E-state index contributed by atoms with van der Waals surface area (Å²) in [5, 5.41) is 0.0634. The minimum atomic E-state index is -2.20. The predicted molar refractivity (Wildman–Crippen MR) is 145 cm³/mol. The van der Waals surface area contributed by atoms with Crippen molar-refractivity contribution in [3.05, 3.63) is 71.8 Å². The average molecular weight is 481 g/mol. The Bertz CT molecular complexity index is 992. The van der Waals surface area contributed by atoms with Gasteiger partial charge in [0.05, 0.1) is 0 Å². The molecule has 0 spiro atoms. The minimum Gasteiger partial charge on any atom is -0.531 e. The van der Waals surface area contributed by atoms with Gasteiger partial charge in [-0.15, -0.1) is 0 Å². The van der Waals surface area contributed by atoms with E-state index in [1.807, 2.05) is 36.4 Å². The van der Waals surface area contributed by atoms with E-state index in [4.69, 9.17) is 18.8 Å². The Morgan fingerprint density at radius 3 is 1.42 bits per heavy atom. The van der Waals surface area contributed by atoms with E-state index in [-0.39, 0.29) is 10.1 Å². The number of hydrogen-bond donors (Lipinski definition) is 0. The smallest absolute Gasteiger partial charge is 0.302 e. The van der Waals surface area contributed by atoms with Gasteiger partial charge in [0.1, 0.15) is 0 Å². The molecule has 0 unspecified atom stereocenters. The van der Waals surface area contributed by atoms with Crippen molar-refractivity contribution in [2.24, 2.45) is 9.98 Å². The molecular weight excluding hydrogens is 440 g/mol. The van der Waals surface area contributed by atoms with Crippen LogP contribution in [0.15, 0.2) is 70.6 Å². The van der Waals surface area contributed by atoms with Crippen molar-refractivity contribution < 1.29 is 8.85 Å². The largest absolute Gasteiger partial charge is 0.531 e. The molecule has 6 heteroatoms. The molecule has 0 amide bonds. The standard InChI is InChI=1S/C27H40N2O2Si2/c1-25(2,3)32(7,8)30-23-27(21-17-13-11-14-18-21,22-19-15-12-16-20-22)29-24(28-23)31-33(9,10)26(4,5)6/h11-20H,1-10H3. The van der Waals surface area contributed by atoms with Crippen molar-refractivity contribution in [1.29, 1.82) is 0 Å². The first-order valence-electron chi connectivity index (χ1n) is 11.8. The second-order valence-electron chi connectivity index (χ2n) is 12.0. The van der Waals surface area contributed by atoms with E-state index in [9.17, 15) is 0 Å². The molecule has 0 aromatic heterocycles. The van der Waals surface area contributed by atoms with Gasteiger partial charge in [0.2, 0.25) is 5.90 Å². The van der Waals surface area contributed by atoms with Crippen LogP contribution in [0.25, 0.3) is 0 Å². The van der Waals surface area contributed by atoms with Crippen molar-refractivity contribution in [3.8, 4) is 0 Å². The molecule has 1 aliphatic heterocycles. The summed E-state index contributed by atoms with van der Waals surface area (Å²) in [6.45, 7) is 22.4. The highest BCUT2D eigenvalue weighted by atomic mass is 28.4. The molecule has 2 aromatic rings. The molecule has 1 heterocycles. The van der Waals surface area contributed by atoms with E-state index in [2.05, 4.69) is 92.0 Å². The zero-order chi connectivity index (χ0) is 24.7. The lowest BCUT2D eigenvalue weighted by molar-refractivity contribution is 0.447. The maximum Gasteiger partial charge on any atom is 0.302 e. The summed E-state index contributed by atoms with van der Waals surface area (Å²) < 4.78 is 13.6. The van der Waals surface area contributed by atoms with Gasteiger partial charge >= 0.3 is 6.02 Å². The lowest BCUT2D eigenvalue weighted by atomic mass is 9.83. The van der Waals surface area contributed by atoms with Gasteiger partial charge in [0.15, 0.2) is 5.54 Å². The van der Waals surface area contributed by atoms with Crippen LogP contribution in [0.3, 0.4) is 0 Å². The SMILES string of the molecule is CC(C)(C)[Si](C)(C)OC1=NC(c2ccccc2)(c2ccccc2)C(O[Si](C)(C)C(C)(C)C)=N1. The Kier molecular flexibility index (Phi) is 6.59. The molecule has 178 valence electrons. The van der Waals surface area contributed by atoms with E-state index in [0.717, 1.165) is 11.1 Å². The maximum absolute atomic E-state index is 6.93. The molecular formula is C27H40N2O2Si2. The Hall–Kier alpha value is -2.19. The fraction of sp³-hybridized carbons (Fsp3) is 0.481. The predicted octanol–water partition coefficient (Wildman–Crippen LogP) is 7.74. The highest BCUT2D eigenvalue weighted by Gasteiger charge is 2.51. The van der Waals surface area contributed by atoms with Gasteiger partial charge in [0.25, 0.3) is 16.6 Å². The normalized spacial score (nSPS) is 16.8. The Balaban J connectivity index is 2.24. The summed E-state index contributed by atoms with van der Waals surface area (Å²) in [7, 11) is -4.34. The quantitative estimate of drug-likeness (QED) is 0.420. The van der Waals surface area contributed by atoms with Crippen molar-refractivity contribution in [2.75, 3.05) is 0 Å². The highest BCUT2D eigenvalue weighted by Crippen LogP contribution is 2.45. The third-order valence-corrected chi connectivity index (χ3v) is 16.1. The molecule has 0 N–H and O–H groups in total. The second-order valence-corrected chi connectivity index (χ2v) is 21.4. The fourth-order valence-electron chi connectivity index (χ4n) is 3.20. The first kappa shape index (κ1) is 25.4. The van der Waals surface area contributed by atoms with E-state index in [1.54, 1.807) is 0 Å². The third kappa shape index (κ3) is 4.87. The van der Waals surface area contributed by atoms with Gasteiger partial charge in [-0.3, -0.25) is 0 Å². The monoisotopic (exact) mass is 480 g/mol. The van der Waals surface area contributed by atoms with E-state index >= 15 is 0 Å². The molecule has 0 saturated carbocycles. The van der Waals surface area contributed by atoms with Crippen LogP contribution in [0.2, 0.25) is 36.3 Å². The molecule has 33 heavy (non-hydrogen) atoms. The van der Waals surface area contributed by atoms with Crippen LogP contribution in [0.1, 0.15) is 52.7 Å². The highest BCUT2D eigenvalue weighted by molar-refractivity contribution is 6.76. The van der Waals surface area contributed by atoms with Crippen LogP contribution in [-0.4, -0.2) is 28.6 Å². The molecule has 0 saturated heterocycles. The van der Waals surface area contributed by atoms with Crippen molar-refractivity contribution in [3.63, 3.8) is 0 Å². The lowest BCUT2D eigenvalue weighted by Crippen LogP contribution is -2.47. The van der Waals surface area contributed by atoms with Crippen LogP contribution in [0.5, 0.6) is 0 Å². The van der Waals surface area contributed by atoms with Crippen LogP contribution >= 0.6 is 0 Å². The molecule has 0 bridgehead atoms. The maximum atomic E-state index is 6.93. The summed E-state index contributed by atoms with van der Waals surface area (Å²) in [4.78, 5) is 10.2. The van der Waals surface area contributed by atoms with Crippen LogP contribution in [0.4, 0.5) is 0 Å². The van der Waals surface area contributed by atoms with E-state index in [0.29, 0.717) is 11.9 Å². The fourth-order valence-corrected chi connectivity index (χ4v) is 5.04. The summed E-state index contributed by atoms with van der Waals surface area (Å²) in [6.07, 6.45) is 0. The van der Waals surface area contributed by atoms with Gasteiger partial charge in [-0.05, 0) is 47.4 Å².